The number of halogens is 1. The number of hydrogen-bond acceptors (Lipinski definition) is 5. The normalized spacial score (nSPS) is 22.0. The highest BCUT2D eigenvalue weighted by Gasteiger charge is 2.24. The number of ether oxygens (including phenoxy) is 1. The number of carbonyl (C=O) groups is 1. The summed E-state index contributed by atoms with van der Waals surface area (Å²) in [6, 6.07) is 1.62. The number of anilines is 1. The zero-order valence-corrected chi connectivity index (χ0v) is 12.9. The molecule has 0 saturated carbocycles. The zero-order chi connectivity index (χ0) is 16.4. The third kappa shape index (κ3) is 3.39. The molecule has 0 radical (unpaired) electrons. The Labute approximate surface area is 133 Å². The van der Waals surface area contributed by atoms with Gasteiger partial charge < -0.3 is 15.8 Å². The van der Waals surface area contributed by atoms with E-state index in [9.17, 15) is 9.18 Å². The van der Waals surface area contributed by atoms with E-state index in [4.69, 9.17) is 10.5 Å². The Morgan fingerprint density at radius 3 is 3.09 bits per heavy atom. The standard InChI is InChI=1S/C16H19FN4O2/c1-9-6-12-15(16(17)20-9)10(11(18)7-13(22)21-12)8-19-14-4-2-3-5-23-14/h6,8,14H,2-5,7,18H2,1H3,(H,21,22)/b19-8+. The lowest BCUT2D eigenvalue weighted by Crippen LogP contribution is -2.17. The van der Waals surface area contributed by atoms with E-state index in [2.05, 4.69) is 15.3 Å². The van der Waals surface area contributed by atoms with Gasteiger partial charge in [0.25, 0.3) is 0 Å². The van der Waals surface area contributed by atoms with Gasteiger partial charge in [0.15, 0.2) is 0 Å². The molecule has 3 N–H and O–H groups in total. The first kappa shape index (κ1) is 15.6. The maximum absolute atomic E-state index is 14.4. The zero-order valence-electron chi connectivity index (χ0n) is 12.9. The van der Waals surface area contributed by atoms with Crippen LogP contribution in [0.4, 0.5) is 10.1 Å². The Morgan fingerprint density at radius 2 is 2.35 bits per heavy atom. The molecule has 2 aliphatic heterocycles. The monoisotopic (exact) mass is 318 g/mol. The second-order valence-electron chi connectivity index (χ2n) is 5.74. The van der Waals surface area contributed by atoms with Crippen LogP contribution in [0.5, 0.6) is 0 Å². The van der Waals surface area contributed by atoms with Gasteiger partial charge in [-0.25, -0.2) is 4.98 Å². The van der Waals surface area contributed by atoms with E-state index in [-0.39, 0.29) is 29.8 Å². The summed E-state index contributed by atoms with van der Waals surface area (Å²) in [5.74, 6) is -0.956. The quantitative estimate of drug-likeness (QED) is 0.646. The number of fused-ring (bicyclic) bond motifs is 1. The number of rotatable bonds is 2. The Balaban J connectivity index is 2.01. The Hall–Kier alpha value is -2.28. The Kier molecular flexibility index (Phi) is 4.38. The molecule has 0 aromatic carbocycles. The average molecular weight is 318 g/mol. The molecule has 23 heavy (non-hydrogen) atoms. The van der Waals surface area contributed by atoms with Crippen molar-refractivity contribution in [3.05, 3.63) is 29.0 Å². The maximum Gasteiger partial charge on any atom is 0.230 e. The largest absolute Gasteiger partial charge is 0.401 e. The molecular formula is C16H19FN4O2. The summed E-state index contributed by atoms with van der Waals surface area (Å²) in [4.78, 5) is 20.1. The topological polar surface area (TPSA) is 89.6 Å². The van der Waals surface area contributed by atoms with Crippen LogP contribution in [-0.2, 0) is 9.53 Å². The number of aliphatic imine (C=N–C) groups is 1. The van der Waals surface area contributed by atoms with Gasteiger partial charge in [-0.2, -0.15) is 4.39 Å². The molecule has 2 aliphatic rings. The number of hydrogen-bond donors (Lipinski definition) is 2. The summed E-state index contributed by atoms with van der Waals surface area (Å²) in [6.07, 6.45) is 4.13. The van der Waals surface area contributed by atoms with Crippen molar-refractivity contribution in [1.82, 2.24) is 4.98 Å². The molecule has 1 fully saturated rings. The van der Waals surface area contributed by atoms with E-state index in [1.54, 1.807) is 13.0 Å². The third-order valence-corrected chi connectivity index (χ3v) is 3.87. The van der Waals surface area contributed by atoms with Gasteiger partial charge in [0.1, 0.15) is 6.23 Å². The molecule has 3 heterocycles. The summed E-state index contributed by atoms with van der Waals surface area (Å²) in [6.45, 7) is 2.33. The van der Waals surface area contributed by atoms with Crippen LogP contribution in [0.15, 0.2) is 16.8 Å². The number of carbonyl (C=O) groups excluding carboxylic acids is 1. The molecule has 122 valence electrons. The van der Waals surface area contributed by atoms with Crippen LogP contribution >= 0.6 is 0 Å². The minimum atomic E-state index is -0.670. The number of aryl methyl sites for hydroxylation is 1. The molecule has 1 saturated heterocycles. The molecule has 1 unspecified atom stereocenters. The third-order valence-electron chi connectivity index (χ3n) is 3.87. The molecule has 1 amide bonds. The SMILES string of the molecule is Cc1cc2c(c(F)n1)C(/C=N/C1CCCCO1)=C(N)CC(=O)N2. The van der Waals surface area contributed by atoms with E-state index < -0.39 is 5.95 Å². The Bertz CT molecular complexity index is 694. The predicted molar refractivity (Wildman–Crippen MR) is 85.4 cm³/mol. The number of allylic oxidation sites excluding steroid dienone is 1. The first-order chi connectivity index (χ1) is 11.0. The predicted octanol–water partition coefficient (Wildman–Crippen LogP) is 2.14. The van der Waals surface area contributed by atoms with Crippen molar-refractivity contribution in [3.63, 3.8) is 0 Å². The molecule has 1 atom stereocenters. The number of amides is 1. The molecule has 1 aromatic heterocycles. The van der Waals surface area contributed by atoms with Crippen LogP contribution < -0.4 is 11.1 Å². The fraction of sp³-hybridized carbons (Fsp3) is 0.438. The van der Waals surface area contributed by atoms with E-state index in [1.165, 1.54) is 6.21 Å². The van der Waals surface area contributed by atoms with Crippen molar-refractivity contribution in [2.75, 3.05) is 11.9 Å². The van der Waals surface area contributed by atoms with Gasteiger partial charge in [-0.1, -0.05) is 0 Å². The van der Waals surface area contributed by atoms with Gasteiger partial charge in [0.05, 0.1) is 17.7 Å². The van der Waals surface area contributed by atoms with E-state index in [0.29, 0.717) is 23.6 Å². The number of nitrogens with two attached hydrogens (primary N) is 1. The van der Waals surface area contributed by atoms with Crippen LogP contribution in [-0.4, -0.2) is 29.9 Å². The van der Waals surface area contributed by atoms with Crippen molar-refractivity contribution >= 4 is 23.4 Å². The van der Waals surface area contributed by atoms with Crippen LogP contribution in [0.1, 0.15) is 36.9 Å². The molecule has 3 rings (SSSR count). The summed E-state index contributed by atoms with van der Waals surface area (Å²) in [7, 11) is 0. The number of nitrogens with zero attached hydrogens (tertiary/aromatic N) is 2. The fourth-order valence-corrected chi connectivity index (χ4v) is 2.76. The highest BCUT2D eigenvalue weighted by atomic mass is 19.1. The lowest BCUT2D eigenvalue weighted by molar-refractivity contribution is -0.115. The fourth-order valence-electron chi connectivity index (χ4n) is 2.76. The van der Waals surface area contributed by atoms with Gasteiger partial charge in [0.2, 0.25) is 11.9 Å². The highest BCUT2D eigenvalue weighted by Crippen LogP contribution is 2.31. The number of nitrogens with one attached hydrogen (secondary N) is 1. The summed E-state index contributed by atoms with van der Waals surface area (Å²) >= 11 is 0. The number of aromatic nitrogens is 1. The van der Waals surface area contributed by atoms with Gasteiger partial charge in [0, 0.05) is 29.8 Å². The highest BCUT2D eigenvalue weighted by molar-refractivity contribution is 6.16. The molecule has 0 spiro atoms. The smallest absolute Gasteiger partial charge is 0.230 e. The second-order valence-corrected chi connectivity index (χ2v) is 5.74. The van der Waals surface area contributed by atoms with Gasteiger partial charge in [-0.15, -0.1) is 0 Å². The van der Waals surface area contributed by atoms with E-state index in [1.807, 2.05) is 0 Å². The Morgan fingerprint density at radius 1 is 1.52 bits per heavy atom. The lowest BCUT2D eigenvalue weighted by atomic mass is 10.0. The van der Waals surface area contributed by atoms with Gasteiger partial charge in [-0.3, -0.25) is 9.79 Å². The average Bonchev–Trinajstić information content (AvgIpc) is 2.61. The molecule has 0 aliphatic carbocycles. The van der Waals surface area contributed by atoms with Gasteiger partial charge in [-0.05, 0) is 32.3 Å². The van der Waals surface area contributed by atoms with Crippen molar-refractivity contribution in [2.24, 2.45) is 10.7 Å². The van der Waals surface area contributed by atoms with E-state index >= 15 is 0 Å². The van der Waals surface area contributed by atoms with E-state index in [0.717, 1.165) is 19.3 Å². The summed E-state index contributed by atoms with van der Waals surface area (Å²) in [5.41, 5.74) is 7.68. The van der Waals surface area contributed by atoms with Crippen LogP contribution in [0.25, 0.3) is 5.57 Å². The minimum absolute atomic E-state index is 0.0138. The van der Waals surface area contributed by atoms with Crippen LogP contribution in [0.2, 0.25) is 0 Å². The minimum Gasteiger partial charge on any atom is -0.401 e. The molecule has 6 nitrogen and oxygen atoms in total. The molecule has 7 heteroatoms. The first-order valence-corrected chi connectivity index (χ1v) is 7.65. The first-order valence-electron chi connectivity index (χ1n) is 7.65. The van der Waals surface area contributed by atoms with Crippen molar-refractivity contribution in [3.8, 4) is 0 Å². The lowest BCUT2D eigenvalue weighted by Gasteiger charge is -2.19. The van der Waals surface area contributed by atoms with Crippen LogP contribution in [0, 0.1) is 12.9 Å². The summed E-state index contributed by atoms with van der Waals surface area (Å²) in [5, 5.41) is 2.67. The van der Waals surface area contributed by atoms with Crippen molar-refractivity contribution in [2.45, 2.75) is 38.8 Å². The number of pyridine rings is 1. The van der Waals surface area contributed by atoms with Crippen molar-refractivity contribution in [1.29, 1.82) is 0 Å². The molecular weight excluding hydrogens is 299 g/mol. The maximum atomic E-state index is 14.4. The molecule has 1 aromatic rings. The molecule has 0 bridgehead atoms. The second kappa shape index (κ2) is 6.45. The summed E-state index contributed by atoms with van der Waals surface area (Å²) < 4.78 is 19.9. The van der Waals surface area contributed by atoms with Crippen molar-refractivity contribution < 1.29 is 13.9 Å². The van der Waals surface area contributed by atoms with Gasteiger partial charge >= 0.3 is 0 Å². The van der Waals surface area contributed by atoms with Crippen LogP contribution in [0.3, 0.4) is 0 Å².